The van der Waals surface area contributed by atoms with Gasteiger partial charge in [0.25, 0.3) is 0 Å². The standard InChI is InChI=1S/C14H13NO3/c1-9-7-12(15-16)11-5-4-10(8-14(11)18-9)13-3-2-6-17-13/h2-6,8-9,16H,7H2,1H3/b15-12+. The van der Waals surface area contributed by atoms with Crippen molar-refractivity contribution in [2.75, 3.05) is 0 Å². The van der Waals surface area contributed by atoms with Gasteiger partial charge in [-0.15, -0.1) is 0 Å². The molecule has 1 atom stereocenters. The summed E-state index contributed by atoms with van der Waals surface area (Å²) in [5, 5.41) is 12.4. The zero-order valence-electron chi connectivity index (χ0n) is 9.96. The van der Waals surface area contributed by atoms with Crippen molar-refractivity contribution >= 4 is 5.71 Å². The van der Waals surface area contributed by atoms with Gasteiger partial charge in [-0.2, -0.15) is 0 Å². The Bertz CT molecular complexity index is 587. The summed E-state index contributed by atoms with van der Waals surface area (Å²) in [6, 6.07) is 9.49. The summed E-state index contributed by atoms with van der Waals surface area (Å²) in [5.74, 6) is 1.53. The van der Waals surface area contributed by atoms with Crippen LogP contribution in [-0.2, 0) is 0 Å². The lowest BCUT2D eigenvalue weighted by atomic mass is 9.98. The Kier molecular flexibility index (Phi) is 2.55. The van der Waals surface area contributed by atoms with E-state index in [-0.39, 0.29) is 6.10 Å². The van der Waals surface area contributed by atoms with E-state index in [0.717, 1.165) is 22.6 Å². The second kappa shape index (κ2) is 4.22. The summed E-state index contributed by atoms with van der Waals surface area (Å²) in [5.41, 5.74) is 2.45. The third-order valence-corrected chi connectivity index (χ3v) is 3.03. The largest absolute Gasteiger partial charge is 0.490 e. The molecule has 1 N–H and O–H groups in total. The molecular weight excluding hydrogens is 230 g/mol. The molecule has 2 aromatic rings. The number of hydrogen-bond acceptors (Lipinski definition) is 4. The van der Waals surface area contributed by atoms with Gasteiger partial charge in [-0.3, -0.25) is 0 Å². The fourth-order valence-electron chi connectivity index (χ4n) is 2.19. The second-order valence-electron chi connectivity index (χ2n) is 4.37. The minimum absolute atomic E-state index is 0.00949. The molecule has 2 heterocycles. The highest BCUT2D eigenvalue weighted by molar-refractivity contribution is 6.04. The Morgan fingerprint density at radius 1 is 1.33 bits per heavy atom. The molecule has 1 aromatic heterocycles. The highest BCUT2D eigenvalue weighted by Gasteiger charge is 2.23. The first kappa shape index (κ1) is 10.9. The number of hydrogen-bond donors (Lipinski definition) is 1. The van der Waals surface area contributed by atoms with Gasteiger partial charge in [-0.1, -0.05) is 11.2 Å². The third kappa shape index (κ3) is 1.76. The quantitative estimate of drug-likeness (QED) is 0.617. The van der Waals surface area contributed by atoms with Crippen molar-refractivity contribution in [3.63, 3.8) is 0 Å². The number of oxime groups is 1. The van der Waals surface area contributed by atoms with Gasteiger partial charge in [0, 0.05) is 17.5 Å². The number of benzene rings is 1. The third-order valence-electron chi connectivity index (χ3n) is 3.03. The zero-order chi connectivity index (χ0) is 12.5. The van der Waals surface area contributed by atoms with Crippen LogP contribution >= 0.6 is 0 Å². The Hall–Kier alpha value is -2.23. The van der Waals surface area contributed by atoms with E-state index in [4.69, 9.17) is 14.4 Å². The number of nitrogens with zero attached hydrogens (tertiary/aromatic N) is 1. The number of rotatable bonds is 1. The van der Waals surface area contributed by atoms with Gasteiger partial charge in [0.2, 0.25) is 0 Å². The molecule has 4 heteroatoms. The van der Waals surface area contributed by atoms with E-state index in [0.29, 0.717) is 12.1 Å². The van der Waals surface area contributed by atoms with Crippen molar-refractivity contribution in [3.8, 4) is 17.1 Å². The minimum atomic E-state index is 0.00949. The zero-order valence-corrected chi connectivity index (χ0v) is 9.96. The van der Waals surface area contributed by atoms with Crippen molar-refractivity contribution in [2.45, 2.75) is 19.4 Å². The predicted molar refractivity (Wildman–Crippen MR) is 67.2 cm³/mol. The first-order valence-corrected chi connectivity index (χ1v) is 5.84. The average molecular weight is 243 g/mol. The van der Waals surface area contributed by atoms with E-state index >= 15 is 0 Å². The van der Waals surface area contributed by atoms with Crippen LogP contribution in [0.15, 0.2) is 46.2 Å². The smallest absolute Gasteiger partial charge is 0.133 e. The second-order valence-corrected chi connectivity index (χ2v) is 4.37. The summed E-state index contributed by atoms with van der Waals surface area (Å²) in [6.07, 6.45) is 2.26. The van der Waals surface area contributed by atoms with Crippen LogP contribution in [0.1, 0.15) is 18.9 Å². The summed E-state index contributed by atoms with van der Waals surface area (Å²) in [6.45, 7) is 1.95. The molecule has 0 amide bonds. The molecule has 0 spiro atoms. The number of furan rings is 1. The van der Waals surface area contributed by atoms with Crippen LogP contribution in [0.5, 0.6) is 5.75 Å². The maximum atomic E-state index is 9.02. The van der Waals surface area contributed by atoms with Crippen LogP contribution in [0.2, 0.25) is 0 Å². The molecule has 18 heavy (non-hydrogen) atoms. The molecule has 1 unspecified atom stereocenters. The minimum Gasteiger partial charge on any atom is -0.490 e. The highest BCUT2D eigenvalue weighted by atomic mass is 16.5. The van der Waals surface area contributed by atoms with Gasteiger partial charge in [0.05, 0.1) is 12.0 Å². The molecule has 3 rings (SSSR count). The summed E-state index contributed by atoms with van der Waals surface area (Å²) >= 11 is 0. The van der Waals surface area contributed by atoms with Crippen LogP contribution in [-0.4, -0.2) is 17.0 Å². The molecule has 0 radical (unpaired) electrons. The van der Waals surface area contributed by atoms with Crippen LogP contribution in [0, 0.1) is 0 Å². The monoisotopic (exact) mass is 243 g/mol. The van der Waals surface area contributed by atoms with E-state index < -0.39 is 0 Å². The molecule has 4 nitrogen and oxygen atoms in total. The van der Waals surface area contributed by atoms with Gasteiger partial charge < -0.3 is 14.4 Å². The molecule has 1 aromatic carbocycles. The average Bonchev–Trinajstić information content (AvgIpc) is 2.90. The van der Waals surface area contributed by atoms with Crippen LogP contribution in [0.3, 0.4) is 0 Å². The van der Waals surface area contributed by atoms with Crippen molar-refractivity contribution in [1.29, 1.82) is 0 Å². The molecule has 0 fully saturated rings. The first-order chi connectivity index (χ1) is 8.78. The van der Waals surface area contributed by atoms with Gasteiger partial charge in [-0.25, -0.2) is 0 Å². The Balaban J connectivity index is 2.08. The molecule has 0 saturated carbocycles. The van der Waals surface area contributed by atoms with E-state index in [1.807, 2.05) is 37.3 Å². The van der Waals surface area contributed by atoms with E-state index in [2.05, 4.69) is 5.16 Å². The summed E-state index contributed by atoms with van der Waals surface area (Å²) in [4.78, 5) is 0. The van der Waals surface area contributed by atoms with E-state index in [1.54, 1.807) is 6.26 Å². The summed E-state index contributed by atoms with van der Waals surface area (Å²) in [7, 11) is 0. The fraction of sp³-hybridized carbons (Fsp3) is 0.214. The lowest BCUT2D eigenvalue weighted by Gasteiger charge is -2.24. The maximum absolute atomic E-state index is 9.02. The normalized spacial score (nSPS) is 20.5. The molecule has 0 aliphatic carbocycles. The van der Waals surface area contributed by atoms with Crippen molar-refractivity contribution in [2.24, 2.45) is 5.16 Å². The first-order valence-electron chi connectivity index (χ1n) is 5.84. The van der Waals surface area contributed by atoms with E-state index in [1.165, 1.54) is 0 Å². The SMILES string of the molecule is CC1C/C(=N\O)c2ccc(-c3ccco3)cc2O1. The predicted octanol–water partition coefficient (Wildman–Crippen LogP) is 3.30. The van der Waals surface area contributed by atoms with Crippen LogP contribution < -0.4 is 4.74 Å². The summed E-state index contributed by atoms with van der Waals surface area (Å²) < 4.78 is 11.1. The van der Waals surface area contributed by atoms with Crippen LogP contribution in [0.25, 0.3) is 11.3 Å². The fourth-order valence-corrected chi connectivity index (χ4v) is 2.19. The molecule has 92 valence electrons. The van der Waals surface area contributed by atoms with E-state index in [9.17, 15) is 0 Å². The lowest BCUT2D eigenvalue weighted by Crippen LogP contribution is -2.24. The molecule has 1 aliphatic rings. The van der Waals surface area contributed by atoms with Crippen molar-refractivity contribution in [1.82, 2.24) is 0 Å². The maximum Gasteiger partial charge on any atom is 0.133 e. The Morgan fingerprint density at radius 3 is 2.94 bits per heavy atom. The van der Waals surface area contributed by atoms with Gasteiger partial charge in [0.1, 0.15) is 17.6 Å². The Morgan fingerprint density at radius 2 is 2.22 bits per heavy atom. The van der Waals surface area contributed by atoms with Gasteiger partial charge >= 0.3 is 0 Å². The van der Waals surface area contributed by atoms with Crippen LogP contribution in [0.4, 0.5) is 0 Å². The molecular formula is C14H13NO3. The molecule has 0 bridgehead atoms. The van der Waals surface area contributed by atoms with Gasteiger partial charge in [0.15, 0.2) is 0 Å². The molecule has 1 aliphatic heterocycles. The molecule has 0 saturated heterocycles. The highest BCUT2D eigenvalue weighted by Crippen LogP contribution is 2.32. The number of ether oxygens (including phenoxy) is 1. The lowest BCUT2D eigenvalue weighted by molar-refractivity contribution is 0.218. The van der Waals surface area contributed by atoms with Crippen molar-refractivity contribution in [3.05, 3.63) is 42.2 Å². The topological polar surface area (TPSA) is 55.0 Å². The van der Waals surface area contributed by atoms with Crippen molar-refractivity contribution < 1.29 is 14.4 Å². The number of fused-ring (bicyclic) bond motifs is 1. The Labute approximate surface area is 104 Å². The van der Waals surface area contributed by atoms with Gasteiger partial charge in [-0.05, 0) is 31.2 Å².